The fourth-order valence-electron chi connectivity index (χ4n) is 1.83. The smallest absolute Gasteiger partial charge is 0.177 e. The quantitative estimate of drug-likeness (QED) is 0.434. The molecular weight excluding hydrogens is 270 g/mol. The van der Waals surface area contributed by atoms with Crippen molar-refractivity contribution in [3.63, 3.8) is 0 Å². The third-order valence-electron chi connectivity index (χ3n) is 3.21. The minimum atomic E-state index is -3.43. The lowest BCUT2D eigenvalue weighted by Gasteiger charge is -2.16. The van der Waals surface area contributed by atoms with Crippen LogP contribution in [0.3, 0.4) is 0 Å². The molecule has 0 amide bonds. The van der Waals surface area contributed by atoms with Gasteiger partial charge < -0.3 is 0 Å². The van der Waals surface area contributed by atoms with Crippen LogP contribution in [0.4, 0.5) is 0 Å². The molecule has 0 aliphatic heterocycles. The van der Waals surface area contributed by atoms with Gasteiger partial charge in [-0.1, -0.05) is 37.3 Å². The SMILES string of the molecule is C=C(C(=N)/C(CC)=C(/CC=CC)C(C)=CC)S(C)(=O)=O. The number of hydrogen-bond donors (Lipinski definition) is 1. The Morgan fingerprint density at radius 3 is 2.15 bits per heavy atom. The lowest BCUT2D eigenvalue weighted by Crippen LogP contribution is -2.14. The van der Waals surface area contributed by atoms with Crippen LogP contribution in [0.15, 0.2) is 46.4 Å². The normalized spacial score (nSPS) is 14.3. The van der Waals surface area contributed by atoms with Gasteiger partial charge in [0.1, 0.15) is 0 Å². The zero-order valence-electron chi connectivity index (χ0n) is 13.1. The van der Waals surface area contributed by atoms with Gasteiger partial charge in [0.15, 0.2) is 9.84 Å². The standard InChI is InChI=1S/C16H25NO2S/c1-7-10-11-15(12(4)8-2)14(9-3)16(17)13(5)20(6,18)19/h7-8,10,17H,5,9,11H2,1-4,6H3/b10-7?,12-8?,15-14-,17-16?. The third-order valence-corrected chi connectivity index (χ3v) is 4.31. The van der Waals surface area contributed by atoms with Crippen molar-refractivity contribution in [1.82, 2.24) is 0 Å². The molecule has 0 aromatic heterocycles. The molecule has 0 fully saturated rings. The summed E-state index contributed by atoms with van der Waals surface area (Å²) in [6, 6.07) is 0. The summed E-state index contributed by atoms with van der Waals surface area (Å²) in [5.74, 6) is 0. The van der Waals surface area contributed by atoms with Crippen molar-refractivity contribution in [1.29, 1.82) is 5.41 Å². The van der Waals surface area contributed by atoms with Crippen LogP contribution < -0.4 is 0 Å². The molecule has 0 spiro atoms. The van der Waals surface area contributed by atoms with Crippen LogP contribution in [0.25, 0.3) is 0 Å². The van der Waals surface area contributed by atoms with Crippen LogP contribution in [-0.4, -0.2) is 20.4 Å². The molecule has 0 rings (SSSR count). The maximum absolute atomic E-state index is 11.6. The first-order chi connectivity index (χ1) is 9.20. The Morgan fingerprint density at radius 1 is 1.25 bits per heavy atom. The Kier molecular flexibility index (Phi) is 7.43. The van der Waals surface area contributed by atoms with E-state index in [0.717, 1.165) is 23.0 Å². The van der Waals surface area contributed by atoms with Gasteiger partial charge in [0.2, 0.25) is 0 Å². The second-order valence-electron chi connectivity index (χ2n) is 4.63. The van der Waals surface area contributed by atoms with Crippen LogP contribution in [-0.2, 0) is 9.84 Å². The van der Waals surface area contributed by atoms with E-state index in [1.807, 2.05) is 45.9 Å². The molecular formula is C16H25NO2S. The van der Waals surface area contributed by atoms with Gasteiger partial charge in [-0.2, -0.15) is 0 Å². The van der Waals surface area contributed by atoms with Crippen molar-refractivity contribution in [2.24, 2.45) is 0 Å². The predicted octanol–water partition coefficient (Wildman–Crippen LogP) is 4.20. The van der Waals surface area contributed by atoms with Gasteiger partial charge in [0, 0.05) is 6.26 Å². The predicted molar refractivity (Wildman–Crippen MR) is 87.9 cm³/mol. The van der Waals surface area contributed by atoms with E-state index in [-0.39, 0.29) is 10.6 Å². The number of hydrogen-bond acceptors (Lipinski definition) is 3. The summed E-state index contributed by atoms with van der Waals surface area (Å²) < 4.78 is 23.2. The Balaban J connectivity index is 5.94. The molecule has 0 aliphatic carbocycles. The highest BCUT2D eigenvalue weighted by molar-refractivity contribution is 7.95. The molecule has 0 aromatic rings. The fraction of sp³-hybridized carbons (Fsp3) is 0.438. The summed E-state index contributed by atoms with van der Waals surface area (Å²) in [4.78, 5) is -0.115. The zero-order chi connectivity index (χ0) is 15.9. The summed E-state index contributed by atoms with van der Waals surface area (Å²) in [6.45, 7) is 11.3. The minimum absolute atomic E-state index is 0.0238. The molecule has 0 saturated carbocycles. The maximum atomic E-state index is 11.6. The monoisotopic (exact) mass is 295 g/mol. The highest BCUT2D eigenvalue weighted by Crippen LogP contribution is 2.25. The van der Waals surface area contributed by atoms with E-state index in [2.05, 4.69) is 6.58 Å². The van der Waals surface area contributed by atoms with Crippen LogP contribution in [0.2, 0.25) is 0 Å². The molecule has 112 valence electrons. The highest BCUT2D eigenvalue weighted by Gasteiger charge is 2.19. The van der Waals surface area contributed by atoms with Gasteiger partial charge in [0.25, 0.3) is 0 Å². The first-order valence-electron chi connectivity index (χ1n) is 6.65. The molecule has 3 nitrogen and oxygen atoms in total. The number of rotatable bonds is 7. The van der Waals surface area contributed by atoms with E-state index < -0.39 is 9.84 Å². The Labute approximate surface area is 123 Å². The molecule has 0 radical (unpaired) electrons. The lowest BCUT2D eigenvalue weighted by molar-refractivity contribution is 0.609. The Hall–Kier alpha value is -1.42. The number of sulfone groups is 1. The summed E-state index contributed by atoms with van der Waals surface area (Å²) in [5, 5.41) is 8.15. The van der Waals surface area contributed by atoms with Crippen LogP contribution >= 0.6 is 0 Å². The maximum Gasteiger partial charge on any atom is 0.177 e. The van der Waals surface area contributed by atoms with Crippen LogP contribution in [0, 0.1) is 5.41 Å². The molecule has 20 heavy (non-hydrogen) atoms. The van der Waals surface area contributed by atoms with Crippen LogP contribution in [0.5, 0.6) is 0 Å². The van der Waals surface area contributed by atoms with E-state index in [1.165, 1.54) is 0 Å². The summed E-state index contributed by atoms with van der Waals surface area (Å²) in [7, 11) is -3.43. The van der Waals surface area contributed by atoms with E-state index >= 15 is 0 Å². The number of allylic oxidation sites excluding steroid dienone is 7. The van der Waals surface area contributed by atoms with E-state index in [1.54, 1.807) is 0 Å². The second-order valence-corrected chi connectivity index (χ2v) is 6.66. The minimum Gasteiger partial charge on any atom is -0.299 e. The van der Waals surface area contributed by atoms with Gasteiger partial charge in [0.05, 0.1) is 10.6 Å². The Bertz CT molecular complexity index is 576. The van der Waals surface area contributed by atoms with Crippen molar-refractivity contribution >= 4 is 15.5 Å². The fourth-order valence-corrected chi connectivity index (χ4v) is 2.32. The lowest BCUT2D eigenvalue weighted by atomic mass is 9.92. The van der Waals surface area contributed by atoms with Gasteiger partial charge in [-0.3, -0.25) is 5.41 Å². The van der Waals surface area contributed by atoms with Crippen molar-refractivity contribution in [2.75, 3.05) is 6.26 Å². The van der Waals surface area contributed by atoms with Gasteiger partial charge in [-0.25, -0.2) is 8.42 Å². The van der Waals surface area contributed by atoms with Gasteiger partial charge >= 0.3 is 0 Å². The van der Waals surface area contributed by atoms with Crippen molar-refractivity contribution < 1.29 is 8.42 Å². The molecule has 0 aromatic carbocycles. The zero-order valence-corrected chi connectivity index (χ0v) is 13.9. The van der Waals surface area contributed by atoms with Crippen molar-refractivity contribution in [3.8, 4) is 0 Å². The molecule has 1 N–H and O–H groups in total. The van der Waals surface area contributed by atoms with E-state index in [0.29, 0.717) is 12.8 Å². The molecule has 0 aliphatic rings. The van der Waals surface area contributed by atoms with Gasteiger partial charge in [-0.05, 0) is 44.8 Å². The molecule has 0 atom stereocenters. The largest absolute Gasteiger partial charge is 0.299 e. The number of nitrogens with one attached hydrogen (secondary N) is 1. The molecule has 0 heterocycles. The Morgan fingerprint density at radius 2 is 1.80 bits per heavy atom. The summed E-state index contributed by atoms with van der Waals surface area (Å²) in [6.07, 6.45) is 8.32. The average molecular weight is 295 g/mol. The molecule has 0 saturated heterocycles. The first kappa shape index (κ1) is 18.6. The first-order valence-corrected chi connectivity index (χ1v) is 8.54. The van der Waals surface area contributed by atoms with Crippen molar-refractivity contribution in [3.05, 3.63) is 46.4 Å². The topological polar surface area (TPSA) is 58.0 Å². The molecule has 4 heteroatoms. The average Bonchev–Trinajstić information content (AvgIpc) is 2.40. The second kappa shape index (κ2) is 8.00. The van der Waals surface area contributed by atoms with E-state index in [9.17, 15) is 8.42 Å². The molecule has 0 unspecified atom stereocenters. The molecule has 0 bridgehead atoms. The van der Waals surface area contributed by atoms with Crippen molar-refractivity contribution in [2.45, 2.75) is 40.5 Å². The van der Waals surface area contributed by atoms with Gasteiger partial charge in [-0.15, -0.1) is 0 Å². The van der Waals surface area contributed by atoms with E-state index in [4.69, 9.17) is 5.41 Å². The third kappa shape index (κ3) is 4.93. The summed E-state index contributed by atoms with van der Waals surface area (Å²) in [5.41, 5.74) is 2.83. The highest BCUT2D eigenvalue weighted by atomic mass is 32.2. The summed E-state index contributed by atoms with van der Waals surface area (Å²) >= 11 is 0. The van der Waals surface area contributed by atoms with Crippen LogP contribution in [0.1, 0.15) is 40.5 Å².